The first-order chi connectivity index (χ1) is 60.2. The molecule has 17 rings (SSSR count). The number of aromatic amines is 1. The standard InChI is InChI=1S/C32H40N8O2.C31H38N8O2.C30H34ClF3N6O2.6H2S/c1-6-28(41)40-15-14-39(18-22(40)3)31-25-11-13-38(29-21(2)9-10-23-17-34-37(5)30(23)29)19-27(25)35-32(26(31)16-33)42-20-24-8-7-12-36(24)4;1-5-27(40)39-14-13-38(17-21(39)3)30-24-10-12-37(29-20(2)8-9-22-16-33-35-28(22)29)18-26(24)34-31(25(30)15-32)41-19-23-7-6-11-36(23)4;1-4-26(41)40-14-13-39(16-19(40)2)28-21-10-12-38(25-9-5-8-23(31)27(25)30(32,33)34)17-24(21)36-29(22(28)15-35)42-18-20-7-6-11-37(20)3;;;;;;/h6,9-10,17,22,24H,1,7-8,11-15,18-20H2,2-5H3;5,8-9,16,21,23H,1,6-7,10-14,17-19H2,2-4H3,(H,33,35);4-5,8-9,19-20H,1,6-7,10-14,16-18H2,2-3H3;6*1H2/t22-,24-;21-,23-;19-,20-;;;;;;/m000....../s1. The van der Waals surface area contributed by atoms with E-state index in [0.29, 0.717) is 150 Å². The summed E-state index contributed by atoms with van der Waals surface area (Å²) in [6.45, 7) is 34.0. The molecular formula is C93H124ClF3N22O6S6. The monoisotopic (exact) mass is 1930 g/mol. The van der Waals surface area contributed by atoms with Crippen molar-refractivity contribution in [3.8, 4) is 35.8 Å². The highest BCUT2D eigenvalue weighted by Gasteiger charge is 2.43. The molecule has 28 nitrogen and oxygen atoms in total. The molecule has 38 heteroatoms. The van der Waals surface area contributed by atoms with Crippen molar-refractivity contribution in [2.75, 3.05) is 169 Å². The molecule has 0 spiro atoms. The van der Waals surface area contributed by atoms with Gasteiger partial charge in [-0.25, -0.2) is 15.0 Å². The number of hydrogen-bond donors (Lipinski definition) is 1. The number of pyridine rings is 3. The van der Waals surface area contributed by atoms with E-state index in [1.165, 1.54) is 53.2 Å². The lowest BCUT2D eigenvalue weighted by Gasteiger charge is -2.42. The number of fused-ring (bicyclic) bond motifs is 5. The molecule has 0 radical (unpaired) electrons. The largest absolute Gasteiger partial charge is 0.475 e. The van der Waals surface area contributed by atoms with Crippen LogP contribution in [0.2, 0.25) is 5.02 Å². The van der Waals surface area contributed by atoms with E-state index < -0.39 is 11.7 Å². The fourth-order valence-corrected chi connectivity index (χ4v) is 20.4. The third-order valence-electron chi connectivity index (χ3n) is 26.8. The number of nitrogens with zero attached hydrogens (tertiary/aromatic N) is 21. The Morgan fingerprint density at radius 3 is 1.24 bits per heavy atom. The van der Waals surface area contributed by atoms with Crippen LogP contribution in [0.1, 0.15) is 126 Å². The van der Waals surface area contributed by atoms with Crippen LogP contribution in [0.4, 0.5) is 47.3 Å². The molecule has 706 valence electrons. The third-order valence-corrected chi connectivity index (χ3v) is 27.1. The van der Waals surface area contributed by atoms with Gasteiger partial charge in [-0.2, -0.15) is 120 Å². The van der Waals surface area contributed by atoms with Gasteiger partial charge in [0.2, 0.25) is 35.4 Å². The zero-order chi connectivity index (χ0) is 88.4. The number of likely N-dealkylation sites (N-methyl/N-ethyl adjacent to an activating group) is 3. The number of carbonyl (C=O) groups excluding carboxylic acids is 3. The number of anilines is 6. The lowest BCUT2D eigenvalue weighted by atomic mass is 9.96. The Balaban J connectivity index is 0.000000216. The van der Waals surface area contributed by atoms with E-state index in [9.17, 15) is 43.3 Å². The number of alkyl halides is 3. The van der Waals surface area contributed by atoms with Gasteiger partial charge in [0.1, 0.15) is 54.7 Å². The fraction of sp³-hybridized carbons (Fsp3) is 0.495. The molecule has 9 aliphatic rings. The third kappa shape index (κ3) is 21.8. The van der Waals surface area contributed by atoms with Crippen LogP contribution in [-0.2, 0) is 66.5 Å². The van der Waals surface area contributed by atoms with Crippen LogP contribution < -0.4 is 43.6 Å². The van der Waals surface area contributed by atoms with Gasteiger partial charge in [0.05, 0.1) is 105 Å². The normalized spacial score (nSPS) is 20.2. The number of aryl methyl sites for hydroxylation is 3. The topological polar surface area (TPSA) is 274 Å². The van der Waals surface area contributed by atoms with Crippen molar-refractivity contribution in [2.45, 2.75) is 154 Å². The van der Waals surface area contributed by atoms with Gasteiger partial charge in [-0.15, -0.1) is 0 Å². The molecule has 5 aromatic heterocycles. The first-order valence-corrected chi connectivity index (χ1v) is 44.0. The molecule has 9 aliphatic heterocycles. The number of amides is 3. The van der Waals surface area contributed by atoms with E-state index in [-0.39, 0.29) is 153 Å². The number of aromatic nitrogens is 7. The van der Waals surface area contributed by atoms with Crippen LogP contribution >= 0.6 is 92.6 Å². The van der Waals surface area contributed by atoms with Gasteiger partial charge in [0.15, 0.2) is 0 Å². The van der Waals surface area contributed by atoms with Crippen molar-refractivity contribution in [1.82, 2.24) is 64.3 Å². The maximum Gasteiger partial charge on any atom is 0.419 e. The lowest BCUT2D eigenvalue weighted by molar-refractivity contribution is -0.137. The Morgan fingerprint density at radius 2 is 0.870 bits per heavy atom. The number of benzene rings is 3. The van der Waals surface area contributed by atoms with Crippen LogP contribution in [0.5, 0.6) is 17.6 Å². The van der Waals surface area contributed by atoms with Crippen molar-refractivity contribution in [2.24, 2.45) is 7.05 Å². The molecule has 0 unspecified atom stereocenters. The second kappa shape index (κ2) is 45.4. The summed E-state index contributed by atoms with van der Waals surface area (Å²) in [6.07, 6.45) is 11.6. The number of piperazine rings is 3. The number of halogens is 4. The zero-order valence-electron chi connectivity index (χ0n) is 76.1. The van der Waals surface area contributed by atoms with E-state index in [0.717, 1.165) is 151 Å². The van der Waals surface area contributed by atoms with Crippen LogP contribution in [0.15, 0.2) is 92.8 Å². The molecule has 6 fully saturated rings. The highest BCUT2D eigenvalue weighted by molar-refractivity contribution is 7.60. The number of nitriles is 3. The van der Waals surface area contributed by atoms with Gasteiger partial charge in [0.25, 0.3) is 0 Å². The molecule has 8 aromatic rings. The van der Waals surface area contributed by atoms with E-state index in [2.05, 4.69) is 158 Å². The number of rotatable bonds is 18. The van der Waals surface area contributed by atoms with Crippen LogP contribution in [0, 0.1) is 47.8 Å². The summed E-state index contributed by atoms with van der Waals surface area (Å²) in [5.74, 6) is 0.755. The van der Waals surface area contributed by atoms with Gasteiger partial charge in [-0.3, -0.25) is 24.2 Å². The predicted octanol–water partition coefficient (Wildman–Crippen LogP) is 12.4. The minimum absolute atomic E-state index is 0. The highest BCUT2D eigenvalue weighted by atomic mass is 35.5. The van der Waals surface area contributed by atoms with Gasteiger partial charge in [-0.1, -0.05) is 61.7 Å². The number of likely N-dealkylation sites (tertiary alicyclic amines) is 3. The second-order valence-corrected chi connectivity index (χ2v) is 34.9. The Hall–Kier alpha value is -9.59. The number of H-pyrrole nitrogens is 1. The Bertz CT molecular complexity index is 5610. The lowest BCUT2D eigenvalue weighted by Crippen LogP contribution is -2.54. The minimum Gasteiger partial charge on any atom is -0.475 e. The summed E-state index contributed by atoms with van der Waals surface area (Å²) < 4.78 is 63.1. The van der Waals surface area contributed by atoms with Crippen molar-refractivity contribution in [3.63, 3.8) is 0 Å². The van der Waals surface area contributed by atoms with E-state index in [1.54, 1.807) is 9.80 Å². The Morgan fingerprint density at radius 1 is 0.496 bits per heavy atom. The summed E-state index contributed by atoms with van der Waals surface area (Å²) in [5.41, 5.74) is 15.3. The molecule has 6 saturated heterocycles. The summed E-state index contributed by atoms with van der Waals surface area (Å²) >= 11 is 6.04. The number of nitrogens with one attached hydrogen (secondary N) is 1. The van der Waals surface area contributed by atoms with Gasteiger partial charge >= 0.3 is 6.18 Å². The summed E-state index contributed by atoms with van der Waals surface area (Å²) in [6, 6.07) is 20.6. The van der Waals surface area contributed by atoms with Gasteiger partial charge in [-0.05, 0) is 175 Å². The van der Waals surface area contributed by atoms with Crippen molar-refractivity contribution >= 4 is 166 Å². The molecule has 14 heterocycles. The number of carbonyl (C=O) groups is 3. The van der Waals surface area contributed by atoms with Gasteiger partial charge in [0, 0.05) is 149 Å². The molecule has 131 heavy (non-hydrogen) atoms. The first kappa shape index (κ1) is 105. The van der Waals surface area contributed by atoms with Crippen molar-refractivity contribution in [1.29, 1.82) is 15.8 Å². The van der Waals surface area contributed by atoms with Crippen LogP contribution in [0.25, 0.3) is 21.8 Å². The fourth-order valence-electron chi connectivity index (χ4n) is 20.1. The maximum absolute atomic E-state index is 14.0. The molecule has 1 N–H and O–H groups in total. The SMILES string of the molecule is C=CC(=O)N1CCN(c2c(C#N)c(OC[C@@H]3CCCN3C)nc3c2CCN(c2c(C)ccc4cn[nH]c24)C3)C[C@@H]1C.C=CC(=O)N1CCN(c2c(C#N)c(OC[C@@H]3CCCN3C)nc3c2CCN(c2c(C)ccc4cnn(C)c24)C3)C[C@@H]1C.C=CC(=O)N1CCN(c2c(C#N)c(OC[C@@H]3CCCN3C)nc3c2CCN(c2cccc(Cl)c2C(F)(F)F)C3)C[C@@H]1C.S.S.S.S.S.S. The average molecular weight is 1930 g/mol. The van der Waals surface area contributed by atoms with Crippen molar-refractivity contribution < 1.29 is 41.8 Å². The first-order valence-electron chi connectivity index (χ1n) is 43.6. The molecular weight excluding hydrogens is 1810 g/mol. The smallest absolute Gasteiger partial charge is 0.419 e. The van der Waals surface area contributed by atoms with Crippen molar-refractivity contribution in [3.05, 3.63) is 165 Å². The molecule has 0 saturated carbocycles. The average Bonchev–Trinajstić information content (AvgIpc) is 1.10. The maximum atomic E-state index is 14.0. The Labute approximate surface area is 813 Å². The van der Waals surface area contributed by atoms with Gasteiger partial charge < -0.3 is 73.0 Å². The molecule has 3 amide bonds. The number of hydrogen-bond acceptors (Lipinski definition) is 23. The second-order valence-electron chi connectivity index (χ2n) is 34.5. The quantitative estimate of drug-likeness (QED) is 0.0782. The Kier molecular flexibility index (Phi) is 36.4. The van der Waals surface area contributed by atoms with E-state index in [4.69, 9.17) is 40.8 Å². The van der Waals surface area contributed by atoms with Crippen LogP contribution in [-0.4, -0.2) is 257 Å². The summed E-state index contributed by atoms with van der Waals surface area (Å²) in [7, 11) is 8.27. The molecule has 0 aliphatic carbocycles. The van der Waals surface area contributed by atoms with E-state index >= 15 is 0 Å². The number of ether oxygens (including phenoxy) is 3. The highest BCUT2D eigenvalue weighted by Crippen LogP contribution is 2.47. The predicted molar refractivity (Wildman–Crippen MR) is 540 cm³/mol. The zero-order valence-corrected chi connectivity index (χ0v) is 82.8. The summed E-state index contributed by atoms with van der Waals surface area (Å²) in [4.78, 5) is 77.4. The summed E-state index contributed by atoms with van der Waals surface area (Å²) in [5, 5.41) is 45.2. The molecule has 3 aromatic carbocycles. The van der Waals surface area contributed by atoms with E-state index in [1.807, 2.05) is 47.9 Å². The van der Waals surface area contributed by atoms with Crippen LogP contribution in [0.3, 0.4) is 0 Å². The molecule has 0 bridgehead atoms. The molecule has 6 atom stereocenters. The minimum atomic E-state index is -4.63.